The molecule has 142 valence electrons. The first-order chi connectivity index (χ1) is 13.1. The Balaban J connectivity index is 1.88. The molecule has 2 aromatic rings. The van der Waals surface area contributed by atoms with Crippen LogP contribution < -0.4 is 0 Å². The second kappa shape index (κ2) is 7.34. The highest BCUT2D eigenvalue weighted by Crippen LogP contribution is 2.49. The molecule has 0 spiro atoms. The minimum absolute atomic E-state index is 0.0868. The van der Waals surface area contributed by atoms with Crippen LogP contribution in [0.1, 0.15) is 53.9 Å². The largest absolute Gasteiger partial charge is 0.453 e. The lowest BCUT2D eigenvalue weighted by molar-refractivity contribution is 0.0851. The quantitative estimate of drug-likeness (QED) is 0.739. The van der Waals surface area contributed by atoms with E-state index in [-0.39, 0.29) is 17.8 Å². The summed E-state index contributed by atoms with van der Waals surface area (Å²) in [7, 11) is 1.43. The normalized spacial score (nSPS) is 23.7. The predicted molar refractivity (Wildman–Crippen MR) is 104 cm³/mol. The van der Waals surface area contributed by atoms with Crippen molar-refractivity contribution in [2.75, 3.05) is 20.2 Å². The van der Waals surface area contributed by atoms with Crippen LogP contribution in [0.5, 0.6) is 0 Å². The van der Waals surface area contributed by atoms with Gasteiger partial charge in [-0.2, -0.15) is 0 Å². The second-order valence-corrected chi connectivity index (χ2v) is 7.77. The van der Waals surface area contributed by atoms with Crippen molar-refractivity contribution in [1.29, 1.82) is 0 Å². The number of carbonyl (C=O) groups excluding carboxylic acids is 1. The number of fused-ring (bicyclic) bond motifs is 5. The van der Waals surface area contributed by atoms with Crippen LogP contribution in [0.25, 0.3) is 0 Å². The maximum atomic E-state index is 14.2. The average Bonchev–Trinajstić information content (AvgIpc) is 2.82. The number of methoxy groups -OCH3 is 1. The summed E-state index contributed by atoms with van der Waals surface area (Å²) in [5.74, 6) is 0.512. The first-order valence-corrected chi connectivity index (χ1v) is 9.81. The van der Waals surface area contributed by atoms with Crippen molar-refractivity contribution in [3.63, 3.8) is 0 Å². The van der Waals surface area contributed by atoms with E-state index in [0.717, 1.165) is 24.8 Å². The van der Waals surface area contributed by atoms with Crippen LogP contribution in [0, 0.1) is 11.7 Å². The van der Waals surface area contributed by atoms with E-state index in [1.807, 2.05) is 11.0 Å². The molecule has 3 nitrogen and oxygen atoms in total. The molecule has 2 aliphatic rings. The summed E-state index contributed by atoms with van der Waals surface area (Å²) in [6.45, 7) is 3.45. The summed E-state index contributed by atoms with van der Waals surface area (Å²) in [6, 6.07) is 13.7. The van der Waals surface area contributed by atoms with E-state index in [1.54, 1.807) is 12.1 Å². The maximum Gasteiger partial charge on any atom is 0.409 e. The summed E-state index contributed by atoms with van der Waals surface area (Å²) in [6.07, 6.45) is 2.62. The predicted octanol–water partition coefficient (Wildman–Crippen LogP) is 5.10. The highest BCUT2D eigenvalue weighted by atomic mass is 19.1. The summed E-state index contributed by atoms with van der Waals surface area (Å²) >= 11 is 0. The van der Waals surface area contributed by atoms with E-state index in [2.05, 4.69) is 31.2 Å². The summed E-state index contributed by atoms with van der Waals surface area (Å²) < 4.78 is 19.2. The number of halogens is 1. The zero-order chi connectivity index (χ0) is 19.0. The van der Waals surface area contributed by atoms with Gasteiger partial charge >= 0.3 is 6.09 Å². The zero-order valence-corrected chi connectivity index (χ0v) is 16.0. The molecule has 27 heavy (non-hydrogen) atoms. The van der Waals surface area contributed by atoms with Crippen LogP contribution in [0.2, 0.25) is 0 Å². The van der Waals surface area contributed by atoms with Crippen molar-refractivity contribution in [3.05, 3.63) is 70.5 Å². The van der Waals surface area contributed by atoms with Crippen molar-refractivity contribution >= 4 is 6.09 Å². The number of hydrogen-bond acceptors (Lipinski definition) is 2. The lowest BCUT2D eigenvalue weighted by Gasteiger charge is -2.44. The number of rotatable bonds is 2. The van der Waals surface area contributed by atoms with Crippen molar-refractivity contribution in [3.8, 4) is 0 Å². The molecule has 0 N–H and O–H groups in total. The van der Waals surface area contributed by atoms with E-state index in [0.29, 0.717) is 24.9 Å². The highest BCUT2D eigenvalue weighted by Gasteiger charge is 2.42. The van der Waals surface area contributed by atoms with Gasteiger partial charge in [-0.25, -0.2) is 9.18 Å². The Morgan fingerprint density at radius 3 is 2.70 bits per heavy atom. The molecule has 0 radical (unpaired) electrons. The van der Waals surface area contributed by atoms with Crippen molar-refractivity contribution in [2.45, 2.75) is 38.0 Å². The Morgan fingerprint density at radius 2 is 1.93 bits per heavy atom. The smallest absolute Gasteiger partial charge is 0.409 e. The molecule has 1 aliphatic heterocycles. The number of carbonyl (C=O) groups is 1. The molecule has 0 saturated carbocycles. The van der Waals surface area contributed by atoms with Gasteiger partial charge < -0.3 is 9.64 Å². The van der Waals surface area contributed by atoms with Crippen LogP contribution >= 0.6 is 0 Å². The van der Waals surface area contributed by atoms with Crippen molar-refractivity contribution < 1.29 is 13.9 Å². The van der Waals surface area contributed by atoms with Crippen LogP contribution in [0.15, 0.2) is 42.5 Å². The van der Waals surface area contributed by atoms with Crippen LogP contribution in [0.3, 0.4) is 0 Å². The monoisotopic (exact) mass is 367 g/mol. The fourth-order valence-corrected chi connectivity index (χ4v) is 5.13. The molecule has 2 unspecified atom stereocenters. The number of likely N-dealkylation sites (tertiary alicyclic amines) is 1. The highest BCUT2D eigenvalue weighted by molar-refractivity contribution is 5.68. The van der Waals surface area contributed by atoms with E-state index in [1.165, 1.54) is 23.8 Å². The summed E-state index contributed by atoms with van der Waals surface area (Å²) in [4.78, 5) is 14.1. The molecule has 1 aliphatic carbocycles. The Bertz CT molecular complexity index is 850. The van der Waals surface area contributed by atoms with Gasteiger partial charge in [0.05, 0.1) is 7.11 Å². The SMILES string of the molecule is CCCC1CN(C(=O)OC)C[C@H]2c3cc(F)ccc3Cc3ccccc3C12. The van der Waals surface area contributed by atoms with Crippen LogP contribution in [-0.4, -0.2) is 31.2 Å². The zero-order valence-electron chi connectivity index (χ0n) is 16.0. The molecule has 1 heterocycles. The Hall–Kier alpha value is -2.36. The Morgan fingerprint density at radius 1 is 1.15 bits per heavy atom. The summed E-state index contributed by atoms with van der Waals surface area (Å²) in [5.41, 5.74) is 4.90. The third kappa shape index (κ3) is 3.22. The summed E-state index contributed by atoms with van der Waals surface area (Å²) in [5, 5.41) is 0. The topological polar surface area (TPSA) is 29.5 Å². The van der Waals surface area contributed by atoms with Gasteiger partial charge in [-0.1, -0.05) is 43.7 Å². The average molecular weight is 367 g/mol. The molecule has 1 amide bonds. The van der Waals surface area contributed by atoms with E-state index in [9.17, 15) is 9.18 Å². The minimum Gasteiger partial charge on any atom is -0.453 e. The number of piperidine rings is 1. The third-order valence-electron chi connectivity index (χ3n) is 6.21. The first-order valence-electron chi connectivity index (χ1n) is 9.81. The molecular formula is C23H26FNO2. The van der Waals surface area contributed by atoms with Gasteiger partial charge in [0.25, 0.3) is 0 Å². The molecular weight excluding hydrogens is 341 g/mol. The molecule has 0 aromatic heterocycles. The second-order valence-electron chi connectivity index (χ2n) is 7.77. The third-order valence-corrected chi connectivity index (χ3v) is 6.21. The molecule has 1 fully saturated rings. The number of benzene rings is 2. The Labute approximate surface area is 160 Å². The fraction of sp³-hybridized carbons (Fsp3) is 0.435. The Kier molecular flexibility index (Phi) is 4.90. The van der Waals surface area contributed by atoms with Gasteiger partial charge in [-0.15, -0.1) is 0 Å². The molecule has 4 rings (SSSR count). The molecule has 4 heteroatoms. The number of hydrogen-bond donors (Lipinski definition) is 0. The van der Waals surface area contributed by atoms with Gasteiger partial charge in [0.15, 0.2) is 0 Å². The number of nitrogens with zero attached hydrogens (tertiary/aromatic N) is 1. The molecule has 3 atom stereocenters. The minimum atomic E-state index is -0.287. The maximum absolute atomic E-state index is 14.2. The molecule has 0 bridgehead atoms. The van der Waals surface area contributed by atoms with Gasteiger partial charge in [-0.05, 0) is 59.1 Å². The van der Waals surface area contributed by atoms with Crippen molar-refractivity contribution in [2.24, 2.45) is 5.92 Å². The number of amides is 1. The van der Waals surface area contributed by atoms with E-state index >= 15 is 0 Å². The van der Waals surface area contributed by atoms with E-state index < -0.39 is 0 Å². The molecule has 2 aromatic carbocycles. The van der Waals surface area contributed by atoms with E-state index in [4.69, 9.17) is 4.74 Å². The van der Waals surface area contributed by atoms with Gasteiger partial charge in [0.1, 0.15) is 5.82 Å². The lowest BCUT2D eigenvalue weighted by Crippen LogP contribution is -2.47. The standard InChI is InChI=1S/C23H26FNO2/c1-3-6-17-13-25(23(26)27-2)14-21-20-12-18(24)10-9-16(20)11-15-7-4-5-8-19(15)22(17)21/h4-5,7-10,12,17,21-22H,3,6,11,13-14H2,1-2H3/t17?,21-,22?/m0/s1. The molecule has 1 saturated heterocycles. The van der Waals surface area contributed by atoms with Gasteiger partial charge in [-0.3, -0.25) is 0 Å². The fourth-order valence-electron chi connectivity index (χ4n) is 5.13. The lowest BCUT2D eigenvalue weighted by atomic mass is 9.69. The number of ether oxygens (including phenoxy) is 1. The van der Waals surface area contributed by atoms with Gasteiger partial charge in [0, 0.05) is 19.0 Å². The van der Waals surface area contributed by atoms with Gasteiger partial charge in [0.2, 0.25) is 0 Å². The van der Waals surface area contributed by atoms with Crippen LogP contribution in [0.4, 0.5) is 9.18 Å². The first kappa shape index (κ1) is 18.0. The van der Waals surface area contributed by atoms with Crippen molar-refractivity contribution in [1.82, 2.24) is 4.90 Å². The van der Waals surface area contributed by atoms with Crippen LogP contribution in [-0.2, 0) is 11.2 Å².